The summed E-state index contributed by atoms with van der Waals surface area (Å²) in [6.07, 6.45) is 7.80. The molecule has 5 rings (SSSR count). The van der Waals surface area contributed by atoms with E-state index in [1.807, 2.05) is 27.2 Å². The number of carbonyl (C=O) groups is 1. The van der Waals surface area contributed by atoms with Gasteiger partial charge in [-0.15, -0.1) is 0 Å². The molecule has 0 fully saturated rings. The first-order valence-electron chi connectivity index (χ1n) is 13.2. The van der Waals surface area contributed by atoms with Crippen LogP contribution in [0.1, 0.15) is 27.2 Å². The lowest BCUT2D eigenvalue weighted by molar-refractivity contribution is 0.0963. The molecule has 3 aromatic rings. The number of rotatable bonds is 8. The van der Waals surface area contributed by atoms with Crippen molar-refractivity contribution >= 4 is 51.1 Å². The molecular weight excluding hydrogens is 541 g/mol. The van der Waals surface area contributed by atoms with Crippen LogP contribution in [-0.2, 0) is 6.42 Å². The minimum atomic E-state index is -0.340. The fourth-order valence-corrected chi connectivity index (χ4v) is 4.96. The third-order valence-corrected chi connectivity index (χ3v) is 7.20. The summed E-state index contributed by atoms with van der Waals surface area (Å²) in [4.78, 5) is 29.8. The van der Waals surface area contributed by atoms with Crippen molar-refractivity contribution in [2.45, 2.75) is 6.42 Å². The van der Waals surface area contributed by atoms with Crippen molar-refractivity contribution in [3.63, 3.8) is 0 Å². The zero-order valence-corrected chi connectivity index (χ0v) is 24.1. The van der Waals surface area contributed by atoms with Crippen molar-refractivity contribution in [1.29, 1.82) is 0 Å². The standard InChI is InChI=1S/C31H31ClFN7O/c1-34-30(41)19-8-11-21(12-9-19)37-31-36-17-20-10-13-22-23(16-27(32)35-18-24(22)29(20)38-31)28-25(33)6-5-7-26(28)40(4)15-14-39(2)3/h5-9,11-13,16-18H,10,14-15H2,1-4H3,(H,34,41)(H,36,37,38). The number of fused-ring (bicyclic) bond motifs is 3. The lowest BCUT2D eigenvalue weighted by Crippen LogP contribution is -2.29. The van der Waals surface area contributed by atoms with Crippen LogP contribution in [0.15, 0.2) is 77.6 Å². The molecule has 2 N–H and O–H groups in total. The average Bonchev–Trinajstić information content (AvgIpc) is 3.14. The number of hydrogen-bond acceptors (Lipinski definition) is 7. The van der Waals surface area contributed by atoms with Gasteiger partial charge in [0.15, 0.2) is 0 Å². The molecule has 1 aliphatic carbocycles. The number of halogens is 2. The maximum absolute atomic E-state index is 15.6. The van der Waals surface area contributed by atoms with Crippen LogP contribution in [0.4, 0.5) is 21.7 Å². The van der Waals surface area contributed by atoms with E-state index < -0.39 is 0 Å². The average molecular weight is 572 g/mol. The first-order chi connectivity index (χ1) is 19.7. The minimum Gasteiger partial charge on any atom is -0.373 e. The Bertz CT molecular complexity index is 1610. The van der Waals surface area contributed by atoms with E-state index in [1.54, 1.807) is 55.9 Å². The number of allylic oxidation sites excluding steroid dienone is 5. The van der Waals surface area contributed by atoms with E-state index in [4.69, 9.17) is 16.6 Å². The van der Waals surface area contributed by atoms with Crippen molar-refractivity contribution < 1.29 is 9.18 Å². The van der Waals surface area contributed by atoms with Gasteiger partial charge in [-0.1, -0.05) is 23.7 Å². The zero-order chi connectivity index (χ0) is 29.1. The first kappa shape index (κ1) is 28.2. The van der Waals surface area contributed by atoms with Gasteiger partial charge in [-0.3, -0.25) is 4.79 Å². The normalized spacial score (nSPS) is 14.1. The van der Waals surface area contributed by atoms with Gasteiger partial charge in [0, 0.05) is 73.2 Å². The molecule has 2 heterocycles. The number of carbonyl (C=O) groups excluding carboxylic acids is 1. The maximum atomic E-state index is 15.6. The Balaban J connectivity index is 1.50. The predicted octanol–water partition coefficient (Wildman–Crippen LogP) is 5.27. The fourth-order valence-electron chi connectivity index (χ4n) is 4.80. The molecule has 0 saturated heterocycles. The number of aliphatic imine (C=N–C) groups is 1. The van der Waals surface area contributed by atoms with E-state index in [0.29, 0.717) is 34.8 Å². The molecule has 0 spiro atoms. The van der Waals surface area contributed by atoms with Gasteiger partial charge in [0.05, 0.1) is 5.69 Å². The number of nitrogens with zero attached hydrogens (tertiary/aromatic N) is 5. The Hall–Kier alpha value is -4.34. The largest absolute Gasteiger partial charge is 0.373 e. The number of anilines is 3. The van der Waals surface area contributed by atoms with Gasteiger partial charge in [-0.05, 0) is 74.1 Å². The molecule has 0 bridgehead atoms. The molecule has 8 nitrogen and oxygen atoms in total. The van der Waals surface area contributed by atoms with Crippen LogP contribution in [0.5, 0.6) is 0 Å². The van der Waals surface area contributed by atoms with Crippen molar-refractivity contribution in [2.75, 3.05) is 51.5 Å². The number of amides is 1. The number of nitrogens with one attached hydrogen (secondary N) is 2. The van der Waals surface area contributed by atoms with Gasteiger partial charge in [0.1, 0.15) is 11.0 Å². The van der Waals surface area contributed by atoms with E-state index in [-0.39, 0.29) is 16.9 Å². The Morgan fingerprint density at radius 2 is 1.83 bits per heavy atom. The minimum absolute atomic E-state index is 0.161. The third kappa shape index (κ3) is 6.06. The highest BCUT2D eigenvalue weighted by Gasteiger charge is 2.28. The fraction of sp³-hybridized carbons (Fsp3) is 0.226. The summed E-state index contributed by atoms with van der Waals surface area (Å²) in [5, 5.41) is 6.07. The molecule has 1 aromatic heterocycles. The second kappa shape index (κ2) is 12.0. The summed E-state index contributed by atoms with van der Waals surface area (Å²) in [7, 11) is 7.57. The van der Waals surface area contributed by atoms with Gasteiger partial charge in [-0.2, -0.15) is 0 Å². The van der Waals surface area contributed by atoms with Gasteiger partial charge in [-0.25, -0.2) is 19.4 Å². The maximum Gasteiger partial charge on any atom is 0.251 e. The number of hydrogen-bond donors (Lipinski definition) is 2. The van der Waals surface area contributed by atoms with Crippen molar-refractivity contribution in [3.05, 3.63) is 101 Å². The summed E-state index contributed by atoms with van der Waals surface area (Å²) in [5.74, 6) is -0.113. The molecule has 2 aromatic carbocycles. The number of likely N-dealkylation sites (N-methyl/N-ethyl adjacent to an activating group) is 2. The Labute approximate surface area is 244 Å². The molecular formula is C31H31ClFN7O. The molecule has 210 valence electrons. The highest BCUT2D eigenvalue weighted by Crippen LogP contribution is 2.43. The monoisotopic (exact) mass is 571 g/mol. The Morgan fingerprint density at radius 3 is 2.56 bits per heavy atom. The molecule has 10 heteroatoms. The van der Waals surface area contributed by atoms with Crippen molar-refractivity contribution in [3.8, 4) is 0 Å². The van der Waals surface area contributed by atoms with Crippen molar-refractivity contribution in [2.24, 2.45) is 4.99 Å². The molecule has 0 saturated carbocycles. The molecule has 0 unspecified atom stereocenters. The van der Waals surface area contributed by atoms with E-state index in [2.05, 4.69) is 36.5 Å². The summed E-state index contributed by atoms with van der Waals surface area (Å²) in [5.41, 5.74) is 6.33. The van der Waals surface area contributed by atoms with Crippen LogP contribution in [0.25, 0.3) is 11.1 Å². The molecule has 2 aliphatic rings. The zero-order valence-electron chi connectivity index (χ0n) is 23.4. The quantitative estimate of drug-likeness (QED) is 0.383. The van der Waals surface area contributed by atoms with Gasteiger partial charge >= 0.3 is 0 Å². The molecule has 0 atom stereocenters. The van der Waals surface area contributed by atoms with Crippen LogP contribution in [0, 0.1) is 5.82 Å². The predicted molar refractivity (Wildman–Crippen MR) is 164 cm³/mol. The van der Waals surface area contributed by atoms with Crippen molar-refractivity contribution in [1.82, 2.24) is 20.2 Å². The van der Waals surface area contributed by atoms with E-state index >= 15 is 4.39 Å². The molecule has 1 amide bonds. The summed E-state index contributed by atoms with van der Waals surface area (Å²) in [6.45, 7) is 1.53. The van der Waals surface area contributed by atoms with Gasteiger partial charge < -0.3 is 20.4 Å². The number of benzene rings is 2. The second-order valence-electron chi connectivity index (χ2n) is 10.1. The van der Waals surface area contributed by atoms with Gasteiger partial charge in [0.2, 0.25) is 5.95 Å². The lowest BCUT2D eigenvalue weighted by Gasteiger charge is -2.27. The molecule has 0 radical (unpaired) electrons. The first-order valence-corrected chi connectivity index (χ1v) is 13.6. The van der Waals surface area contributed by atoms with Crippen LogP contribution in [0.3, 0.4) is 0 Å². The highest BCUT2D eigenvalue weighted by atomic mass is 35.5. The topological polar surface area (TPSA) is 85.7 Å². The summed E-state index contributed by atoms with van der Waals surface area (Å²) < 4.78 is 15.6. The Kier molecular flexibility index (Phi) is 8.28. The number of aromatic nitrogens is 2. The smallest absolute Gasteiger partial charge is 0.251 e. The Morgan fingerprint density at radius 1 is 1.05 bits per heavy atom. The van der Waals surface area contributed by atoms with E-state index in [0.717, 1.165) is 41.2 Å². The molecule has 1 aliphatic heterocycles. The van der Waals surface area contributed by atoms with Crippen LogP contribution >= 0.6 is 11.6 Å². The van der Waals surface area contributed by atoms with Crippen LogP contribution in [0.2, 0.25) is 0 Å². The van der Waals surface area contributed by atoms with Crippen LogP contribution < -0.4 is 15.5 Å². The van der Waals surface area contributed by atoms with E-state index in [1.165, 1.54) is 6.07 Å². The molecule has 41 heavy (non-hydrogen) atoms. The lowest BCUT2D eigenvalue weighted by atomic mass is 9.84. The SMILES string of the molecule is CNC(=O)c1ccc(Nc2ncc3c(n2)C2=CN=C(Cl)C=C(c4c(F)cccc4N(C)CCN(C)C)C2=CC3)cc1. The second-order valence-corrected chi connectivity index (χ2v) is 10.5. The van der Waals surface area contributed by atoms with E-state index in [9.17, 15) is 4.79 Å². The van der Waals surface area contributed by atoms with Crippen LogP contribution in [-0.4, -0.2) is 67.2 Å². The summed E-state index contributed by atoms with van der Waals surface area (Å²) >= 11 is 6.51. The van der Waals surface area contributed by atoms with Gasteiger partial charge in [0.25, 0.3) is 5.91 Å². The summed E-state index contributed by atoms with van der Waals surface area (Å²) in [6, 6.07) is 12.1. The third-order valence-electron chi connectivity index (χ3n) is 6.99. The highest BCUT2D eigenvalue weighted by molar-refractivity contribution is 6.69.